The van der Waals surface area contributed by atoms with Gasteiger partial charge in [0.2, 0.25) is 0 Å². The molecule has 1 aliphatic heterocycles. The summed E-state index contributed by atoms with van der Waals surface area (Å²) in [6, 6.07) is 12.9. The maximum atomic E-state index is 12.2. The molecule has 0 atom stereocenters. The molecule has 3 nitrogen and oxygen atoms in total. The molecular weight excluding hydrogens is 377 g/mol. The van der Waals surface area contributed by atoms with Gasteiger partial charge in [-0.3, -0.25) is 4.79 Å². The van der Waals surface area contributed by atoms with E-state index in [0.29, 0.717) is 22.9 Å². The van der Waals surface area contributed by atoms with Gasteiger partial charge >= 0.3 is 0 Å². The highest BCUT2D eigenvalue weighted by molar-refractivity contribution is 14.1. The minimum atomic E-state index is -0.123. The average molecular weight is 386 g/mol. The van der Waals surface area contributed by atoms with Crippen molar-refractivity contribution in [3.05, 3.63) is 56.6 Å². The zero-order valence-corrected chi connectivity index (χ0v) is 12.7. The summed E-state index contributed by atoms with van der Waals surface area (Å²) >= 11 is 8.31. The fraction of sp³-hybridized carbons (Fsp3) is 0.0714. The lowest BCUT2D eigenvalue weighted by Crippen LogP contribution is -2.39. The molecular formula is C14H9ClINO2. The van der Waals surface area contributed by atoms with E-state index in [1.165, 1.54) is 5.06 Å². The molecule has 0 bridgehead atoms. The third-order valence-electron chi connectivity index (χ3n) is 2.85. The lowest BCUT2D eigenvalue weighted by molar-refractivity contribution is -0.123. The molecule has 2 aromatic carbocycles. The highest BCUT2D eigenvalue weighted by Crippen LogP contribution is 2.33. The SMILES string of the molecule is O=C1Cc2cc(I)ccc2ON1c1ccccc1Cl. The van der Waals surface area contributed by atoms with E-state index in [9.17, 15) is 4.79 Å². The van der Waals surface area contributed by atoms with Crippen LogP contribution >= 0.6 is 34.2 Å². The molecule has 0 aliphatic carbocycles. The van der Waals surface area contributed by atoms with Gasteiger partial charge in [0.25, 0.3) is 5.91 Å². The van der Waals surface area contributed by atoms with Crippen molar-refractivity contribution in [2.45, 2.75) is 6.42 Å². The molecule has 0 aromatic heterocycles. The fourth-order valence-corrected chi connectivity index (χ4v) is 2.73. The molecule has 0 fully saturated rings. The number of hydrogen-bond acceptors (Lipinski definition) is 2. The van der Waals surface area contributed by atoms with Crippen molar-refractivity contribution in [2.24, 2.45) is 0 Å². The molecule has 1 amide bonds. The molecule has 19 heavy (non-hydrogen) atoms. The Kier molecular flexibility index (Phi) is 3.36. The van der Waals surface area contributed by atoms with E-state index in [1.54, 1.807) is 12.1 Å². The third kappa shape index (κ3) is 2.42. The van der Waals surface area contributed by atoms with Crippen LogP contribution < -0.4 is 9.90 Å². The number of benzene rings is 2. The van der Waals surface area contributed by atoms with Crippen LogP contribution in [-0.4, -0.2) is 5.91 Å². The minimum Gasteiger partial charge on any atom is -0.372 e. The molecule has 0 saturated carbocycles. The first-order valence-electron chi connectivity index (χ1n) is 5.69. The van der Waals surface area contributed by atoms with Gasteiger partial charge in [0, 0.05) is 9.13 Å². The van der Waals surface area contributed by atoms with E-state index in [0.717, 1.165) is 9.13 Å². The Morgan fingerprint density at radius 2 is 2.00 bits per heavy atom. The van der Waals surface area contributed by atoms with Crippen LogP contribution in [0.2, 0.25) is 5.02 Å². The largest absolute Gasteiger partial charge is 0.372 e. The first-order chi connectivity index (χ1) is 9.15. The molecule has 0 N–H and O–H groups in total. The number of rotatable bonds is 1. The Hall–Kier alpha value is -1.27. The second kappa shape index (κ2) is 5.02. The highest BCUT2D eigenvalue weighted by atomic mass is 127. The molecule has 3 rings (SSSR count). The van der Waals surface area contributed by atoms with Crippen LogP contribution in [0.4, 0.5) is 5.69 Å². The third-order valence-corrected chi connectivity index (χ3v) is 3.84. The number of carbonyl (C=O) groups excluding carboxylic acids is 1. The number of nitrogens with zero attached hydrogens (tertiary/aromatic N) is 1. The Bertz CT molecular complexity index is 660. The van der Waals surface area contributed by atoms with Gasteiger partial charge in [-0.2, -0.15) is 0 Å². The number of halogens is 2. The second-order valence-electron chi connectivity index (χ2n) is 4.16. The lowest BCUT2D eigenvalue weighted by Gasteiger charge is -2.28. The van der Waals surface area contributed by atoms with Crippen LogP contribution in [0, 0.1) is 3.57 Å². The van der Waals surface area contributed by atoms with Crippen molar-refractivity contribution in [3.63, 3.8) is 0 Å². The van der Waals surface area contributed by atoms with Crippen LogP contribution in [-0.2, 0) is 11.2 Å². The van der Waals surface area contributed by atoms with Gasteiger partial charge in [-0.25, -0.2) is 0 Å². The van der Waals surface area contributed by atoms with E-state index >= 15 is 0 Å². The lowest BCUT2D eigenvalue weighted by atomic mass is 10.1. The number of fused-ring (bicyclic) bond motifs is 1. The summed E-state index contributed by atoms with van der Waals surface area (Å²) in [5.74, 6) is 0.572. The zero-order chi connectivity index (χ0) is 13.4. The molecule has 1 heterocycles. The Balaban J connectivity index is 2.01. The normalized spacial score (nSPS) is 14.0. The second-order valence-corrected chi connectivity index (χ2v) is 5.81. The van der Waals surface area contributed by atoms with Gasteiger partial charge in [-0.05, 0) is 52.9 Å². The van der Waals surface area contributed by atoms with Crippen molar-refractivity contribution >= 4 is 45.8 Å². The molecule has 2 aromatic rings. The molecule has 0 spiro atoms. The van der Waals surface area contributed by atoms with Gasteiger partial charge < -0.3 is 4.84 Å². The van der Waals surface area contributed by atoms with Crippen molar-refractivity contribution in [1.29, 1.82) is 0 Å². The molecule has 1 aliphatic rings. The zero-order valence-electron chi connectivity index (χ0n) is 9.77. The number of hydrogen-bond donors (Lipinski definition) is 0. The first kappa shape index (κ1) is 12.7. The summed E-state index contributed by atoms with van der Waals surface area (Å²) in [4.78, 5) is 17.8. The topological polar surface area (TPSA) is 29.5 Å². The maximum absolute atomic E-state index is 12.2. The van der Waals surface area contributed by atoms with Crippen molar-refractivity contribution in [2.75, 3.05) is 5.06 Å². The van der Waals surface area contributed by atoms with Crippen molar-refractivity contribution in [1.82, 2.24) is 0 Å². The van der Waals surface area contributed by atoms with Gasteiger partial charge in [0.1, 0.15) is 5.69 Å². The summed E-state index contributed by atoms with van der Waals surface area (Å²) in [5.41, 5.74) is 1.47. The Morgan fingerprint density at radius 3 is 2.79 bits per heavy atom. The summed E-state index contributed by atoms with van der Waals surface area (Å²) in [5, 5.41) is 1.75. The molecule has 96 valence electrons. The summed E-state index contributed by atoms with van der Waals surface area (Å²) in [7, 11) is 0. The molecule has 0 unspecified atom stereocenters. The van der Waals surface area contributed by atoms with Crippen LogP contribution in [0.15, 0.2) is 42.5 Å². The monoisotopic (exact) mass is 385 g/mol. The van der Waals surface area contributed by atoms with E-state index < -0.39 is 0 Å². The number of para-hydroxylation sites is 1. The molecule has 5 heteroatoms. The fourth-order valence-electron chi connectivity index (χ4n) is 1.96. The van der Waals surface area contributed by atoms with E-state index in [-0.39, 0.29) is 5.91 Å². The number of carbonyl (C=O) groups is 1. The van der Waals surface area contributed by atoms with Crippen molar-refractivity contribution < 1.29 is 9.63 Å². The quantitative estimate of drug-likeness (QED) is 0.698. The summed E-state index contributed by atoms with van der Waals surface area (Å²) in [6.07, 6.45) is 0.317. The first-order valence-corrected chi connectivity index (χ1v) is 7.15. The van der Waals surface area contributed by atoms with Crippen LogP contribution in [0.3, 0.4) is 0 Å². The number of hydroxylamine groups is 1. The van der Waals surface area contributed by atoms with Gasteiger partial charge in [0.15, 0.2) is 5.75 Å². The predicted molar refractivity (Wildman–Crippen MR) is 82.4 cm³/mol. The molecule has 0 saturated heterocycles. The van der Waals surface area contributed by atoms with Crippen LogP contribution in [0.5, 0.6) is 5.75 Å². The standard InChI is InChI=1S/C14H9ClINO2/c15-11-3-1-2-4-12(11)17-14(18)8-9-7-10(16)5-6-13(9)19-17/h1-7H,8H2. The van der Waals surface area contributed by atoms with Gasteiger partial charge in [-0.1, -0.05) is 23.7 Å². The summed E-state index contributed by atoms with van der Waals surface area (Å²) < 4.78 is 1.08. The average Bonchev–Trinajstić information content (AvgIpc) is 2.39. The number of anilines is 1. The van der Waals surface area contributed by atoms with Crippen LogP contribution in [0.25, 0.3) is 0 Å². The van der Waals surface area contributed by atoms with E-state index in [2.05, 4.69) is 22.6 Å². The van der Waals surface area contributed by atoms with E-state index in [1.807, 2.05) is 30.3 Å². The minimum absolute atomic E-state index is 0.123. The molecule has 0 radical (unpaired) electrons. The Labute approximate surface area is 129 Å². The van der Waals surface area contributed by atoms with Gasteiger partial charge in [0.05, 0.1) is 11.4 Å². The highest BCUT2D eigenvalue weighted by Gasteiger charge is 2.27. The Morgan fingerprint density at radius 1 is 1.21 bits per heavy atom. The summed E-state index contributed by atoms with van der Waals surface area (Å²) in [6.45, 7) is 0. The maximum Gasteiger partial charge on any atom is 0.264 e. The van der Waals surface area contributed by atoms with E-state index in [4.69, 9.17) is 16.4 Å². The predicted octanol–water partition coefficient (Wildman–Crippen LogP) is 3.83. The van der Waals surface area contributed by atoms with Crippen molar-refractivity contribution in [3.8, 4) is 5.75 Å². The van der Waals surface area contributed by atoms with Gasteiger partial charge in [-0.15, -0.1) is 5.06 Å². The number of amides is 1. The van der Waals surface area contributed by atoms with Crippen LogP contribution in [0.1, 0.15) is 5.56 Å². The smallest absolute Gasteiger partial charge is 0.264 e.